The average Bonchev–Trinajstić information content (AvgIpc) is 3.42. The van der Waals surface area contributed by atoms with Crippen LogP contribution in [0.15, 0.2) is 29.3 Å². The van der Waals surface area contributed by atoms with Crippen LogP contribution in [-0.2, 0) is 11.2 Å². The topological polar surface area (TPSA) is 74.8 Å². The molecule has 0 aliphatic heterocycles. The molecule has 10 heteroatoms. The van der Waals surface area contributed by atoms with E-state index in [-0.39, 0.29) is 43.0 Å². The molecule has 0 aromatic heterocycles. The van der Waals surface area contributed by atoms with Crippen LogP contribution in [0.4, 0.5) is 13.2 Å². The van der Waals surface area contributed by atoms with E-state index in [0.29, 0.717) is 30.7 Å². The van der Waals surface area contributed by atoms with Crippen LogP contribution in [0, 0.1) is 0 Å². The van der Waals surface area contributed by atoms with E-state index in [1.807, 2.05) is 12.1 Å². The zero-order valence-corrected chi connectivity index (χ0v) is 18.0. The molecule has 0 atom stereocenters. The third kappa shape index (κ3) is 10.6. The summed E-state index contributed by atoms with van der Waals surface area (Å²) in [7, 11) is 1.51. The van der Waals surface area contributed by atoms with E-state index in [2.05, 4.69) is 20.9 Å². The van der Waals surface area contributed by atoms with E-state index < -0.39 is 12.6 Å². The Bertz CT molecular complexity index is 635. The minimum Gasteiger partial charge on any atom is -0.484 e. The molecule has 6 nitrogen and oxygen atoms in total. The number of nitrogens with zero attached hydrogens (tertiary/aromatic N) is 1. The van der Waals surface area contributed by atoms with Gasteiger partial charge >= 0.3 is 6.18 Å². The molecule has 0 saturated heterocycles. The number of guanidine groups is 1. The van der Waals surface area contributed by atoms with Crippen molar-refractivity contribution >= 4 is 35.8 Å². The summed E-state index contributed by atoms with van der Waals surface area (Å²) in [4.78, 5) is 15.5. The lowest BCUT2D eigenvalue weighted by Crippen LogP contribution is -2.39. The van der Waals surface area contributed by atoms with Crippen molar-refractivity contribution in [3.05, 3.63) is 29.8 Å². The number of benzene rings is 1. The average molecular weight is 514 g/mol. The number of hydrogen-bond donors (Lipinski definition) is 3. The lowest BCUT2D eigenvalue weighted by atomic mass is 10.1. The number of halogens is 4. The number of hydrogen-bond acceptors (Lipinski definition) is 3. The Hall–Kier alpha value is -1.72. The minimum absolute atomic E-state index is 0. The second kappa shape index (κ2) is 12.0. The summed E-state index contributed by atoms with van der Waals surface area (Å²) in [6.45, 7) is 0.302. The molecule has 1 aromatic carbocycles. The summed E-state index contributed by atoms with van der Waals surface area (Å²) < 4.78 is 41.9. The number of nitrogens with one attached hydrogen (secondary N) is 3. The molecule has 28 heavy (non-hydrogen) atoms. The highest BCUT2D eigenvalue weighted by atomic mass is 127. The van der Waals surface area contributed by atoms with Crippen LogP contribution < -0.4 is 20.7 Å². The summed E-state index contributed by atoms with van der Waals surface area (Å²) in [6.07, 6.45) is -2.35. The number of amides is 1. The van der Waals surface area contributed by atoms with Crippen molar-refractivity contribution in [1.82, 2.24) is 16.0 Å². The monoisotopic (exact) mass is 514 g/mol. The standard InChI is InChI=1S/C18H25F3N4O2.HI/c1-22-17(24-11-9-18(19,20)21)23-10-8-13-2-6-15(7-3-13)27-12-16(26)25-14-4-5-14;/h2-3,6-7,14H,4-5,8-12H2,1H3,(H,25,26)(H2,22,23,24);1H. The highest BCUT2D eigenvalue weighted by Crippen LogP contribution is 2.19. The molecule has 0 radical (unpaired) electrons. The molecule has 0 unspecified atom stereocenters. The van der Waals surface area contributed by atoms with Gasteiger partial charge in [-0.15, -0.1) is 24.0 Å². The van der Waals surface area contributed by atoms with Crippen molar-refractivity contribution < 1.29 is 22.7 Å². The Kier molecular flexibility index (Phi) is 10.4. The molecule has 1 amide bonds. The first-order valence-electron chi connectivity index (χ1n) is 8.88. The Labute approximate surface area is 179 Å². The molecule has 3 N–H and O–H groups in total. The molecule has 1 aliphatic carbocycles. The third-order valence-corrected chi connectivity index (χ3v) is 3.87. The number of carbonyl (C=O) groups excluding carboxylic acids is 1. The van der Waals surface area contributed by atoms with Gasteiger partial charge in [0.25, 0.3) is 5.91 Å². The van der Waals surface area contributed by atoms with Crippen molar-refractivity contribution in [3.63, 3.8) is 0 Å². The summed E-state index contributed by atoms with van der Waals surface area (Å²) in [5.41, 5.74) is 1.03. The van der Waals surface area contributed by atoms with Gasteiger partial charge in [-0.3, -0.25) is 9.79 Å². The fourth-order valence-corrected chi connectivity index (χ4v) is 2.27. The van der Waals surface area contributed by atoms with Gasteiger partial charge in [-0.2, -0.15) is 13.2 Å². The number of alkyl halides is 3. The Morgan fingerprint density at radius 1 is 1.18 bits per heavy atom. The maximum absolute atomic E-state index is 12.1. The zero-order chi connectivity index (χ0) is 19.7. The molecule has 1 aliphatic rings. The van der Waals surface area contributed by atoms with E-state index in [9.17, 15) is 18.0 Å². The molecule has 0 bridgehead atoms. The van der Waals surface area contributed by atoms with Gasteiger partial charge in [0.2, 0.25) is 0 Å². The highest BCUT2D eigenvalue weighted by Gasteiger charge is 2.26. The molecule has 0 heterocycles. The molecule has 0 spiro atoms. The number of aliphatic imine (C=N–C) groups is 1. The first kappa shape index (κ1) is 24.3. The summed E-state index contributed by atoms with van der Waals surface area (Å²) in [5.74, 6) is 0.832. The first-order chi connectivity index (χ1) is 12.9. The normalized spacial score (nSPS) is 14.1. The van der Waals surface area contributed by atoms with Gasteiger partial charge in [-0.1, -0.05) is 12.1 Å². The maximum Gasteiger partial charge on any atom is 0.390 e. The number of carbonyl (C=O) groups is 1. The van der Waals surface area contributed by atoms with Crippen LogP contribution in [-0.4, -0.2) is 50.8 Å². The van der Waals surface area contributed by atoms with Crippen molar-refractivity contribution in [2.45, 2.75) is 37.9 Å². The molecule has 1 aromatic rings. The maximum atomic E-state index is 12.1. The molecular weight excluding hydrogens is 488 g/mol. The molecule has 2 rings (SSSR count). The fraction of sp³-hybridized carbons (Fsp3) is 0.556. The van der Waals surface area contributed by atoms with Gasteiger partial charge in [0.15, 0.2) is 12.6 Å². The van der Waals surface area contributed by atoms with E-state index in [0.717, 1.165) is 18.4 Å². The quantitative estimate of drug-likeness (QED) is 0.269. The predicted molar refractivity (Wildman–Crippen MR) is 112 cm³/mol. The number of rotatable bonds is 9. The molecule has 158 valence electrons. The lowest BCUT2D eigenvalue weighted by Gasteiger charge is -2.13. The summed E-state index contributed by atoms with van der Waals surface area (Å²) in [5, 5.41) is 8.45. The number of ether oxygens (including phenoxy) is 1. The Balaban J connectivity index is 0.00000392. The van der Waals surface area contributed by atoms with Crippen molar-refractivity contribution in [3.8, 4) is 5.75 Å². The fourth-order valence-electron chi connectivity index (χ4n) is 2.27. The first-order valence-corrected chi connectivity index (χ1v) is 8.88. The van der Waals surface area contributed by atoms with Gasteiger partial charge in [-0.05, 0) is 37.0 Å². The smallest absolute Gasteiger partial charge is 0.390 e. The SMILES string of the molecule is CN=C(NCCc1ccc(OCC(=O)NC2CC2)cc1)NCCC(F)(F)F.I. The third-order valence-electron chi connectivity index (χ3n) is 3.87. The van der Waals surface area contributed by atoms with Gasteiger partial charge in [-0.25, -0.2) is 0 Å². The van der Waals surface area contributed by atoms with E-state index >= 15 is 0 Å². The lowest BCUT2D eigenvalue weighted by molar-refractivity contribution is -0.132. The van der Waals surface area contributed by atoms with Crippen LogP contribution >= 0.6 is 24.0 Å². The van der Waals surface area contributed by atoms with Crippen molar-refractivity contribution in [2.75, 3.05) is 26.7 Å². The Morgan fingerprint density at radius 2 is 1.82 bits per heavy atom. The van der Waals surface area contributed by atoms with E-state index in [4.69, 9.17) is 4.74 Å². The van der Waals surface area contributed by atoms with Crippen LogP contribution in [0.5, 0.6) is 5.75 Å². The van der Waals surface area contributed by atoms with Crippen molar-refractivity contribution in [1.29, 1.82) is 0 Å². The molecule has 1 fully saturated rings. The van der Waals surface area contributed by atoms with Crippen molar-refractivity contribution in [2.24, 2.45) is 4.99 Å². The van der Waals surface area contributed by atoms with Gasteiger partial charge in [0.05, 0.1) is 6.42 Å². The molecular formula is C18H26F3IN4O2. The Morgan fingerprint density at radius 3 is 2.39 bits per heavy atom. The van der Waals surface area contributed by atoms with E-state index in [1.54, 1.807) is 12.1 Å². The van der Waals surface area contributed by atoms with Gasteiger partial charge in [0, 0.05) is 26.2 Å². The zero-order valence-electron chi connectivity index (χ0n) is 15.6. The van der Waals surface area contributed by atoms with E-state index in [1.165, 1.54) is 7.05 Å². The molecule has 1 saturated carbocycles. The van der Waals surface area contributed by atoms with Crippen LogP contribution in [0.25, 0.3) is 0 Å². The minimum atomic E-state index is -4.19. The summed E-state index contributed by atoms with van der Waals surface area (Å²) in [6, 6.07) is 7.66. The van der Waals surface area contributed by atoms with Gasteiger partial charge < -0.3 is 20.7 Å². The van der Waals surface area contributed by atoms with Crippen LogP contribution in [0.3, 0.4) is 0 Å². The summed E-state index contributed by atoms with van der Waals surface area (Å²) >= 11 is 0. The van der Waals surface area contributed by atoms with Crippen LogP contribution in [0.2, 0.25) is 0 Å². The largest absolute Gasteiger partial charge is 0.484 e. The second-order valence-electron chi connectivity index (χ2n) is 6.32. The van der Waals surface area contributed by atoms with Gasteiger partial charge in [0.1, 0.15) is 5.75 Å². The predicted octanol–water partition coefficient (Wildman–Crippen LogP) is 2.62. The second-order valence-corrected chi connectivity index (χ2v) is 6.32. The highest BCUT2D eigenvalue weighted by molar-refractivity contribution is 14.0. The van der Waals surface area contributed by atoms with Crippen LogP contribution in [0.1, 0.15) is 24.8 Å².